The van der Waals surface area contributed by atoms with E-state index in [0.717, 1.165) is 6.42 Å². The predicted molar refractivity (Wildman–Crippen MR) is 95.7 cm³/mol. The third kappa shape index (κ3) is 2.51. The summed E-state index contributed by atoms with van der Waals surface area (Å²) >= 11 is 8.85. The van der Waals surface area contributed by atoms with E-state index >= 15 is 0 Å². The lowest BCUT2D eigenvalue weighted by Gasteiger charge is -2.46. The van der Waals surface area contributed by atoms with Gasteiger partial charge in [0.15, 0.2) is 5.82 Å². The Labute approximate surface area is 160 Å². The van der Waals surface area contributed by atoms with E-state index < -0.39 is 23.3 Å². The molecule has 6 nitrogen and oxygen atoms in total. The Kier molecular flexibility index (Phi) is 4.00. The van der Waals surface area contributed by atoms with Crippen LogP contribution in [-0.2, 0) is 0 Å². The number of hydrogen-bond donors (Lipinski definition) is 1. The maximum Gasteiger partial charge on any atom is 0.408 e. The molecular weight excluding hydrogens is 434 g/mol. The van der Waals surface area contributed by atoms with Crippen LogP contribution in [0.15, 0.2) is 10.5 Å². The van der Waals surface area contributed by atoms with E-state index in [-0.39, 0.29) is 26.7 Å². The summed E-state index contributed by atoms with van der Waals surface area (Å²) in [6.07, 6.45) is 0.483. The molecule has 2 aliphatic rings. The maximum absolute atomic E-state index is 14.5. The monoisotopic (exact) mass is 446 g/mol. The SMILES string of the molecule is CC12CC[C@H](CN(c3nc(Cl)nc4c(F)c(Br)c(F)cc34)C1)N2C(=O)O. The first-order valence-corrected chi connectivity index (χ1v) is 9.16. The average molecular weight is 448 g/mol. The van der Waals surface area contributed by atoms with Gasteiger partial charge in [0.25, 0.3) is 0 Å². The van der Waals surface area contributed by atoms with E-state index in [1.54, 1.807) is 0 Å². The van der Waals surface area contributed by atoms with E-state index in [1.165, 1.54) is 11.0 Å². The van der Waals surface area contributed by atoms with Gasteiger partial charge in [-0.05, 0) is 53.4 Å². The molecule has 1 aromatic heterocycles. The van der Waals surface area contributed by atoms with Crippen molar-refractivity contribution in [3.05, 3.63) is 27.5 Å². The second-order valence-corrected chi connectivity index (χ2v) is 8.05. The van der Waals surface area contributed by atoms with Crippen LogP contribution in [0.5, 0.6) is 0 Å². The number of nitrogens with zero attached hydrogens (tertiary/aromatic N) is 4. The summed E-state index contributed by atoms with van der Waals surface area (Å²) in [6.45, 7) is 2.61. The zero-order valence-corrected chi connectivity index (χ0v) is 16.0. The minimum absolute atomic E-state index is 0.0774. The summed E-state index contributed by atoms with van der Waals surface area (Å²) < 4.78 is 28.2. The molecule has 2 bridgehead atoms. The number of piperazine rings is 1. The fourth-order valence-electron chi connectivity index (χ4n) is 4.15. The molecule has 1 amide bonds. The molecule has 4 rings (SSSR count). The molecule has 2 aromatic rings. The summed E-state index contributed by atoms with van der Waals surface area (Å²) in [5, 5.41) is 9.57. The zero-order chi connectivity index (χ0) is 18.8. The molecule has 2 fully saturated rings. The van der Waals surface area contributed by atoms with Crippen molar-refractivity contribution >= 4 is 50.3 Å². The third-order valence-electron chi connectivity index (χ3n) is 5.21. The molecule has 2 atom stereocenters. The van der Waals surface area contributed by atoms with E-state index in [1.807, 2.05) is 11.8 Å². The molecule has 0 aliphatic carbocycles. The van der Waals surface area contributed by atoms with Crippen LogP contribution in [-0.4, -0.2) is 50.7 Å². The molecule has 2 aliphatic heterocycles. The van der Waals surface area contributed by atoms with Crippen molar-refractivity contribution in [1.82, 2.24) is 14.9 Å². The number of halogens is 4. The molecule has 10 heteroatoms. The molecule has 0 radical (unpaired) electrons. The topological polar surface area (TPSA) is 69.6 Å². The van der Waals surface area contributed by atoms with Gasteiger partial charge in [0.2, 0.25) is 5.28 Å². The molecule has 1 N–H and O–H groups in total. The number of rotatable bonds is 1. The summed E-state index contributed by atoms with van der Waals surface area (Å²) in [5.41, 5.74) is -0.670. The molecule has 0 spiro atoms. The Balaban J connectivity index is 1.85. The van der Waals surface area contributed by atoms with Crippen molar-refractivity contribution in [1.29, 1.82) is 0 Å². The second-order valence-electron chi connectivity index (χ2n) is 6.92. The lowest BCUT2D eigenvalue weighted by molar-refractivity contribution is 0.0787. The van der Waals surface area contributed by atoms with E-state index in [0.29, 0.717) is 25.3 Å². The highest BCUT2D eigenvalue weighted by Gasteiger charge is 2.51. The summed E-state index contributed by atoms with van der Waals surface area (Å²) in [5.74, 6) is -1.29. The van der Waals surface area contributed by atoms with Crippen molar-refractivity contribution in [2.45, 2.75) is 31.3 Å². The first-order chi connectivity index (χ1) is 12.2. The Morgan fingerprint density at radius 2 is 2.19 bits per heavy atom. The Morgan fingerprint density at radius 1 is 1.46 bits per heavy atom. The number of anilines is 1. The van der Waals surface area contributed by atoms with Crippen LogP contribution >= 0.6 is 27.5 Å². The van der Waals surface area contributed by atoms with Gasteiger partial charge in [0.1, 0.15) is 17.2 Å². The normalized spacial score (nSPS) is 25.2. The quantitative estimate of drug-likeness (QED) is 0.528. The lowest BCUT2D eigenvalue weighted by Crippen LogP contribution is -2.62. The number of aromatic nitrogens is 2. The molecule has 0 saturated carbocycles. The van der Waals surface area contributed by atoms with Gasteiger partial charge in [-0.3, -0.25) is 4.90 Å². The third-order valence-corrected chi connectivity index (χ3v) is 6.11. The van der Waals surface area contributed by atoms with Crippen LogP contribution < -0.4 is 4.90 Å². The van der Waals surface area contributed by atoms with Gasteiger partial charge in [-0.15, -0.1) is 0 Å². The van der Waals surface area contributed by atoms with E-state index in [2.05, 4.69) is 25.9 Å². The highest BCUT2D eigenvalue weighted by Crippen LogP contribution is 2.42. The minimum Gasteiger partial charge on any atom is -0.465 e. The molecule has 26 heavy (non-hydrogen) atoms. The summed E-state index contributed by atoms with van der Waals surface area (Å²) in [7, 11) is 0. The van der Waals surface area contributed by atoms with Gasteiger partial charge in [-0.1, -0.05) is 0 Å². The fraction of sp³-hybridized carbons (Fsp3) is 0.438. The highest BCUT2D eigenvalue weighted by atomic mass is 79.9. The van der Waals surface area contributed by atoms with Crippen LogP contribution in [0.4, 0.5) is 19.4 Å². The van der Waals surface area contributed by atoms with Gasteiger partial charge in [0, 0.05) is 18.5 Å². The summed E-state index contributed by atoms with van der Waals surface area (Å²) in [6, 6.07) is 0.960. The predicted octanol–water partition coefficient (Wildman–Crippen LogP) is 4.05. The molecular formula is C16H14BrClF2N4O2. The van der Waals surface area contributed by atoms with Gasteiger partial charge < -0.3 is 10.0 Å². The van der Waals surface area contributed by atoms with Crippen molar-refractivity contribution in [2.75, 3.05) is 18.0 Å². The second kappa shape index (κ2) is 5.88. The maximum atomic E-state index is 14.5. The van der Waals surface area contributed by atoms with E-state index in [9.17, 15) is 18.7 Å². The van der Waals surface area contributed by atoms with Gasteiger partial charge >= 0.3 is 6.09 Å². The van der Waals surface area contributed by atoms with Crippen LogP contribution in [0.25, 0.3) is 10.9 Å². The average Bonchev–Trinajstić information content (AvgIpc) is 2.79. The minimum atomic E-state index is -0.957. The lowest BCUT2D eigenvalue weighted by atomic mass is 9.98. The van der Waals surface area contributed by atoms with Gasteiger partial charge in [-0.25, -0.2) is 18.6 Å². The van der Waals surface area contributed by atoms with Crippen molar-refractivity contribution < 1.29 is 18.7 Å². The largest absolute Gasteiger partial charge is 0.465 e. The summed E-state index contributed by atoms with van der Waals surface area (Å²) in [4.78, 5) is 23.0. The number of benzene rings is 1. The number of carboxylic acid groups (broad SMARTS) is 1. The molecule has 138 valence electrons. The first-order valence-electron chi connectivity index (χ1n) is 7.99. The smallest absolute Gasteiger partial charge is 0.408 e. The van der Waals surface area contributed by atoms with Crippen LogP contribution in [0.3, 0.4) is 0 Å². The number of amides is 1. The van der Waals surface area contributed by atoms with Gasteiger partial charge in [0.05, 0.1) is 16.1 Å². The van der Waals surface area contributed by atoms with Crippen molar-refractivity contribution in [2.24, 2.45) is 0 Å². The zero-order valence-electron chi connectivity index (χ0n) is 13.6. The van der Waals surface area contributed by atoms with Crippen molar-refractivity contribution in [3.8, 4) is 0 Å². The molecule has 2 saturated heterocycles. The molecule has 1 aromatic carbocycles. The van der Waals surface area contributed by atoms with E-state index in [4.69, 9.17) is 11.6 Å². The van der Waals surface area contributed by atoms with Gasteiger partial charge in [-0.2, -0.15) is 4.98 Å². The number of fused-ring (bicyclic) bond motifs is 3. The molecule has 1 unspecified atom stereocenters. The Morgan fingerprint density at radius 3 is 2.85 bits per heavy atom. The highest BCUT2D eigenvalue weighted by molar-refractivity contribution is 9.10. The number of hydrogen-bond acceptors (Lipinski definition) is 4. The standard InChI is InChI=1S/C16H14BrClF2N4O2/c1-16-3-2-7(24(16)15(25)26)5-23(6-16)13-8-4-9(19)10(17)11(20)12(8)21-14(18)22-13/h4,7H,2-3,5-6H2,1H3,(H,25,26)/t7-,16?/m1/s1. The fourth-order valence-corrected chi connectivity index (χ4v) is 4.61. The first kappa shape index (κ1) is 17.7. The van der Waals surface area contributed by atoms with Crippen LogP contribution in [0.1, 0.15) is 19.8 Å². The van der Waals surface area contributed by atoms with Crippen LogP contribution in [0, 0.1) is 11.6 Å². The molecule has 3 heterocycles. The Hall–Kier alpha value is -1.74. The number of carbonyl (C=O) groups is 1. The van der Waals surface area contributed by atoms with Crippen LogP contribution in [0.2, 0.25) is 5.28 Å². The van der Waals surface area contributed by atoms with Crippen molar-refractivity contribution in [3.63, 3.8) is 0 Å². The Bertz CT molecular complexity index is 946.